The number of sulfonamides is 1. The number of nitrogens with zero attached hydrogens (tertiary/aromatic N) is 2. The Kier molecular flexibility index (Phi) is 6.74. The van der Waals surface area contributed by atoms with E-state index in [-0.39, 0.29) is 24.0 Å². The molecule has 1 aromatic carbocycles. The summed E-state index contributed by atoms with van der Waals surface area (Å²) in [6.07, 6.45) is -3.20. The van der Waals surface area contributed by atoms with Crippen LogP contribution >= 0.6 is 0 Å². The largest absolute Gasteiger partial charge is 0.573 e. The van der Waals surface area contributed by atoms with E-state index in [1.165, 1.54) is 33.5 Å². The average molecular weight is 408 g/mol. The highest BCUT2D eigenvalue weighted by Gasteiger charge is 2.39. The molecule has 0 bridgehead atoms. The van der Waals surface area contributed by atoms with Gasteiger partial charge in [0.05, 0.1) is 5.75 Å². The zero-order valence-electron chi connectivity index (χ0n) is 15.2. The van der Waals surface area contributed by atoms with Crippen LogP contribution in [-0.2, 0) is 21.4 Å². The van der Waals surface area contributed by atoms with Gasteiger partial charge in [0.1, 0.15) is 11.8 Å². The average Bonchev–Trinajstić information content (AvgIpc) is 3.05. The van der Waals surface area contributed by atoms with Gasteiger partial charge in [-0.1, -0.05) is 19.1 Å². The van der Waals surface area contributed by atoms with Crippen molar-refractivity contribution in [2.75, 3.05) is 19.3 Å². The molecule has 1 unspecified atom stereocenters. The molecule has 1 heterocycles. The van der Waals surface area contributed by atoms with E-state index >= 15 is 0 Å². The predicted molar refractivity (Wildman–Crippen MR) is 93.4 cm³/mol. The van der Waals surface area contributed by atoms with Crippen LogP contribution in [0, 0.1) is 0 Å². The molecule has 0 spiro atoms. The summed E-state index contributed by atoms with van der Waals surface area (Å²) in [4.78, 5) is 14.1. The van der Waals surface area contributed by atoms with Crippen LogP contribution in [-0.4, -0.2) is 55.3 Å². The lowest BCUT2D eigenvalue weighted by Crippen LogP contribution is -2.46. The molecule has 1 saturated heterocycles. The third kappa shape index (κ3) is 5.83. The molecule has 152 valence electrons. The van der Waals surface area contributed by atoms with Gasteiger partial charge in [0.15, 0.2) is 0 Å². The molecule has 1 amide bonds. The lowest BCUT2D eigenvalue weighted by Gasteiger charge is -2.27. The monoisotopic (exact) mass is 408 g/mol. The van der Waals surface area contributed by atoms with E-state index < -0.39 is 22.4 Å². The minimum Gasteiger partial charge on any atom is -0.406 e. The van der Waals surface area contributed by atoms with Crippen LogP contribution < -0.4 is 4.74 Å². The number of alkyl halides is 3. The van der Waals surface area contributed by atoms with E-state index in [1.807, 2.05) is 0 Å². The van der Waals surface area contributed by atoms with Gasteiger partial charge in [-0.25, -0.2) is 8.42 Å². The van der Waals surface area contributed by atoms with Crippen molar-refractivity contribution in [2.24, 2.45) is 0 Å². The van der Waals surface area contributed by atoms with E-state index in [0.29, 0.717) is 31.4 Å². The number of halogens is 3. The zero-order chi connectivity index (χ0) is 20.2. The van der Waals surface area contributed by atoms with Crippen molar-refractivity contribution in [1.29, 1.82) is 0 Å². The number of ether oxygens (including phenoxy) is 1. The molecule has 27 heavy (non-hydrogen) atoms. The van der Waals surface area contributed by atoms with Gasteiger partial charge in [-0.05, 0) is 37.0 Å². The van der Waals surface area contributed by atoms with Crippen LogP contribution in [0.1, 0.15) is 31.7 Å². The second kappa shape index (κ2) is 8.47. The molecule has 0 N–H and O–H groups in total. The molecule has 0 radical (unpaired) electrons. The highest BCUT2D eigenvalue weighted by molar-refractivity contribution is 7.89. The first-order valence-corrected chi connectivity index (χ1v) is 10.2. The molecule has 1 aliphatic rings. The number of rotatable bonds is 7. The molecule has 0 saturated carbocycles. The van der Waals surface area contributed by atoms with E-state index in [1.54, 1.807) is 14.0 Å². The van der Waals surface area contributed by atoms with E-state index in [2.05, 4.69) is 4.74 Å². The van der Waals surface area contributed by atoms with E-state index in [9.17, 15) is 26.4 Å². The lowest BCUT2D eigenvalue weighted by atomic mass is 10.1. The van der Waals surface area contributed by atoms with Crippen molar-refractivity contribution in [2.45, 2.75) is 45.1 Å². The summed E-state index contributed by atoms with van der Waals surface area (Å²) in [5.74, 6) is -0.656. The van der Waals surface area contributed by atoms with Crippen LogP contribution in [0.3, 0.4) is 0 Å². The number of carbonyl (C=O) groups is 1. The van der Waals surface area contributed by atoms with Crippen molar-refractivity contribution < 1.29 is 31.1 Å². The Hall–Kier alpha value is -1.81. The molecule has 1 aromatic rings. The number of hydrogen-bond acceptors (Lipinski definition) is 4. The van der Waals surface area contributed by atoms with Crippen LogP contribution in [0.5, 0.6) is 5.75 Å². The molecule has 2 rings (SSSR count). The van der Waals surface area contributed by atoms with Crippen molar-refractivity contribution in [3.63, 3.8) is 0 Å². The Morgan fingerprint density at radius 1 is 1.30 bits per heavy atom. The molecule has 1 aliphatic heterocycles. The van der Waals surface area contributed by atoms with Crippen LogP contribution in [0.25, 0.3) is 0 Å². The number of amides is 1. The highest BCUT2D eigenvalue weighted by Crippen LogP contribution is 2.25. The van der Waals surface area contributed by atoms with Gasteiger partial charge in [-0.15, -0.1) is 13.2 Å². The molecular weight excluding hydrogens is 385 g/mol. The van der Waals surface area contributed by atoms with Crippen molar-refractivity contribution in [3.8, 4) is 5.75 Å². The second-order valence-corrected chi connectivity index (χ2v) is 8.51. The summed E-state index contributed by atoms with van der Waals surface area (Å²) in [7, 11) is -1.92. The van der Waals surface area contributed by atoms with E-state index in [4.69, 9.17) is 0 Å². The Labute approximate surface area is 156 Å². The fourth-order valence-electron chi connectivity index (χ4n) is 3.10. The first-order valence-electron chi connectivity index (χ1n) is 8.62. The van der Waals surface area contributed by atoms with Gasteiger partial charge in [0.25, 0.3) is 0 Å². The molecule has 0 aromatic heterocycles. The zero-order valence-corrected chi connectivity index (χ0v) is 16.0. The van der Waals surface area contributed by atoms with Gasteiger partial charge in [0, 0.05) is 20.1 Å². The number of likely N-dealkylation sites (N-methyl/N-ethyl adjacent to an activating group) is 1. The summed E-state index contributed by atoms with van der Waals surface area (Å²) in [6.45, 7) is 2.25. The number of carbonyl (C=O) groups excluding carboxylic acids is 1. The molecular formula is C17H23F3N2O4S. The van der Waals surface area contributed by atoms with Crippen LogP contribution in [0.15, 0.2) is 24.3 Å². The van der Waals surface area contributed by atoms with Gasteiger partial charge in [-0.3, -0.25) is 4.79 Å². The minimum atomic E-state index is -4.76. The van der Waals surface area contributed by atoms with Crippen molar-refractivity contribution >= 4 is 15.9 Å². The first-order chi connectivity index (χ1) is 12.5. The molecule has 0 aliphatic carbocycles. The van der Waals surface area contributed by atoms with Gasteiger partial charge in [0.2, 0.25) is 15.9 Å². The topological polar surface area (TPSA) is 66.9 Å². The fourth-order valence-corrected chi connectivity index (χ4v) is 4.84. The molecule has 10 heteroatoms. The summed E-state index contributed by atoms with van der Waals surface area (Å²) in [6, 6.07) is 4.50. The number of hydrogen-bond donors (Lipinski definition) is 0. The lowest BCUT2D eigenvalue weighted by molar-refractivity contribution is -0.274. The minimum absolute atomic E-state index is 0.00115. The smallest absolute Gasteiger partial charge is 0.406 e. The molecule has 1 atom stereocenters. The quantitative estimate of drug-likeness (QED) is 0.696. The van der Waals surface area contributed by atoms with Crippen LogP contribution in [0.4, 0.5) is 13.2 Å². The van der Waals surface area contributed by atoms with Crippen molar-refractivity contribution in [1.82, 2.24) is 9.21 Å². The van der Waals surface area contributed by atoms with E-state index in [0.717, 1.165) is 0 Å². The SMILES string of the molecule is CCCS(=O)(=O)N1CCCC1C(=O)N(C)Cc1ccc(OC(F)(F)F)cc1. The standard InChI is InChI=1S/C17H23F3N2O4S/c1-3-11-27(24,25)22-10-4-5-15(22)16(23)21(2)12-13-6-8-14(9-7-13)26-17(18,19)20/h6-9,15H,3-5,10-12H2,1-2H3. The Morgan fingerprint density at radius 2 is 1.93 bits per heavy atom. The normalized spacial score (nSPS) is 18.5. The fraction of sp³-hybridized carbons (Fsp3) is 0.588. The maximum absolute atomic E-state index is 12.7. The Bertz CT molecular complexity index is 750. The summed E-state index contributed by atoms with van der Waals surface area (Å²) in [5.41, 5.74) is 0.612. The summed E-state index contributed by atoms with van der Waals surface area (Å²) in [5, 5.41) is 0. The maximum atomic E-state index is 12.7. The van der Waals surface area contributed by atoms with Gasteiger partial charge < -0.3 is 9.64 Å². The van der Waals surface area contributed by atoms with Gasteiger partial charge in [-0.2, -0.15) is 4.31 Å². The third-order valence-corrected chi connectivity index (χ3v) is 6.34. The molecule has 1 fully saturated rings. The third-order valence-electron chi connectivity index (χ3n) is 4.26. The highest BCUT2D eigenvalue weighted by atomic mass is 32.2. The summed E-state index contributed by atoms with van der Waals surface area (Å²) >= 11 is 0. The van der Waals surface area contributed by atoms with Crippen molar-refractivity contribution in [3.05, 3.63) is 29.8 Å². The first kappa shape index (κ1) is 21.5. The number of benzene rings is 1. The predicted octanol–water partition coefficient (Wildman–Crippen LogP) is 2.75. The second-order valence-electron chi connectivity index (χ2n) is 6.47. The Balaban J connectivity index is 2.02. The Morgan fingerprint density at radius 3 is 2.48 bits per heavy atom. The molecule has 6 nitrogen and oxygen atoms in total. The maximum Gasteiger partial charge on any atom is 0.573 e. The van der Waals surface area contributed by atoms with Gasteiger partial charge >= 0.3 is 6.36 Å². The van der Waals surface area contributed by atoms with Crippen LogP contribution in [0.2, 0.25) is 0 Å². The summed E-state index contributed by atoms with van der Waals surface area (Å²) < 4.78 is 66.3.